The number of benzene rings is 2. The molecule has 3 aromatic rings. The third-order valence-corrected chi connectivity index (χ3v) is 6.77. The van der Waals surface area contributed by atoms with Gasteiger partial charge in [0.2, 0.25) is 11.8 Å². The summed E-state index contributed by atoms with van der Waals surface area (Å²) in [5, 5.41) is 5.44. The third-order valence-electron chi connectivity index (χ3n) is 6.77. The van der Waals surface area contributed by atoms with Gasteiger partial charge in [-0.25, -0.2) is 4.98 Å². The summed E-state index contributed by atoms with van der Waals surface area (Å²) >= 11 is 0. The van der Waals surface area contributed by atoms with Gasteiger partial charge in [0.15, 0.2) is 0 Å². The fourth-order valence-corrected chi connectivity index (χ4v) is 4.56. The molecule has 7 nitrogen and oxygen atoms in total. The minimum atomic E-state index is -4.54. The standard InChI is InChI=1S/C28H27F3N4O3/c29-28(30,31)21-9-16(15-32)10-22(13-21)34-27(37)19-4-1-17-5-6-23(12-20(17)11-19)38-24-7-8-33-25(14-24)35-26(36)18-2-3-18/h5-10,12-14,18-19H,1-4,11,15,32H2,(H,34,37)(H,33,35,36)/t19-/m1/s1. The number of nitrogens with two attached hydrogens (primary N) is 1. The highest BCUT2D eigenvalue weighted by molar-refractivity contribution is 5.93. The molecular formula is C28H27F3N4O3. The second-order valence-corrected chi connectivity index (χ2v) is 9.72. The number of hydrogen-bond donors (Lipinski definition) is 3. The van der Waals surface area contributed by atoms with Crippen molar-refractivity contribution in [2.75, 3.05) is 10.6 Å². The number of halogens is 3. The van der Waals surface area contributed by atoms with Gasteiger partial charge in [-0.2, -0.15) is 13.2 Å². The van der Waals surface area contributed by atoms with E-state index in [-0.39, 0.29) is 35.5 Å². The molecule has 1 heterocycles. The molecule has 0 saturated heterocycles. The van der Waals surface area contributed by atoms with E-state index in [1.165, 1.54) is 6.07 Å². The number of carbonyl (C=O) groups excluding carboxylic acids is 2. The van der Waals surface area contributed by atoms with Crippen LogP contribution in [0.3, 0.4) is 0 Å². The van der Waals surface area contributed by atoms with Crippen LogP contribution in [0.25, 0.3) is 0 Å². The van der Waals surface area contributed by atoms with E-state index in [4.69, 9.17) is 10.5 Å². The van der Waals surface area contributed by atoms with Crippen LogP contribution in [0.4, 0.5) is 24.7 Å². The number of nitrogens with zero attached hydrogens (tertiary/aromatic N) is 1. The fraction of sp³-hybridized carbons (Fsp3) is 0.321. The van der Waals surface area contributed by atoms with Crippen LogP contribution in [0, 0.1) is 11.8 Å². The second kappa shape index (κ2) is 10.4. The van der Waals surface area contributed by atoms with E-state index in [0.717, 1.165) is 36.1 Å². The lowest BCUT2D eigenvalue weighted by Gasteiger charge is -2.25. The van der Waals surface area contributed by atoms with E-state index >= 15 is 0 Å². The zero-order valence-corrected chi connectivity index (χ0v) is 20.5. The van der Waals surface area contributed by atoms with E-state index in [1.807, 2.05) is 18.2 Å². The number of amides is 2. The van der Waals surface area contributed by atoms with Crippen LogP contribution in [0.5, 0.6) is 11.5 Å². The molecule has 0 bridgehead atoms. The highest BCUT2D eigenvalue weighted by Gasteiger charge is 2.32. The van der Waals surface area contributed by atoms with E-state index < -0.39 is 17.7 Å². The molecule has 1 fully saturated rings. The number of rotatable bonds is 7. The summed E-state index contributed by atoms with van der Waals surface area (Å²) in [5.41, 5.74) is 7.11. The first kappa shape index (κ1) is 25.7. The van der Waals surface area contributed by atoms with Crippen LogP contribution in [0.15, 0.2) is 54.7 Å². The molecule has 4 N–H and O–H groups in total. The first-order valence-corrected chi connectivity index (χ1v) is 12.5. The van der Waals surface area contributed by atoms with Gasteiger partial charge < -0.3 is 21.1 Å². The van der Waals surface area contributed by atoms with Gasteiger partial charge in [0.25, 0.3) is 0 Å². The smallest absolute Gasteiger partial charge is 0.416 e. The minimum Gasteiger partial charge on any atom is -0.457 e. The Morgan fingerprint density at radius 1 is 0.921 bits per heavy atom. The van der Waals surface area contributed by atoms with Crippen LogP contribution in [-0.4, -0.2) is 16.8 Å². The summed E-state index contributed by atoms with van der Waals surface area (Å²) in [6.07, 6.45) is 0.479. The van der Waals surface area contributed by atoms with Gasteiger partial charge in [0.05, 0.1) is 5.56 Å². The lowest BCUT2D eigenvalue weighted by molar-refractivity contribution is -0.137. The predicted molar refractivity (Wildman–Crippen MR) is 136 cm³/mol. The molecule has 0 spiro atoms. The normalized spacial score (nSPS) is 16.9. The Kier molecular flexibility index (Phi) is 7.07. The maximum atomic E-state index is 13.3. The second-order valence-electron chi connectivity index (χ2n) is 9.72. The van der Waals surface area contributed by atoms with E-state index in [9.17, 15) is 22.8 Å². The molecule has 2 amide bonds. The molecule has 0 radical (unpaired) electrons. The first-order chi connectivity index (χ1) is 18.2. The molecule has 198 valence electrons. The number of anilines is 2. The zero-order chi connectivity index (χ0) is 26.9. The molecule has 1 saturated carbocycles. The number of ether oxygens (including phenoxy) is 1. The Balaban J connectivity index is 1.26. The number of nitrogens with one attached hydrogen (secondary N) is 2. The van der Waals surface area contributed by atoms with E-state index in [1.54, 1.807) is 18.3 Å². The van der Waals surface area contributed by atoms with Crippen molar-refractivity contribution in [3.63, 3.8) is 0 Å². The van der Waals surface area contributed by atoms with Gasteiger partial charge in [-0.15, -0.1) is 0 Å². The Labute approximate surface area is 217 Å². The molecule has 5 rings (SSSR count). The lowest BCUT2D eigenvalue weighted by Crippen LogP contribution is -2.28. The summed E-state index contributed by atoms with van der Waals surface area (Å²) in [6.45, 7) is -0.0712. The molecular weight excluding hydrogens is 497 g/mol. The van der Waals surface area contributed by atoms with E-state index in [2.05, 4.69) is 15.6 Å². The zero-order valence-electron chi connectivity index (χ0n) is 20.5. The summed E-state index contributed by atoms with van der Waals surface area (Å²) in [4.78, 5) is 29.2. The Bertz CT molecular complexity index is 1370. The molecule has 2 aliphatic rings. The first-order valence-electron chi connectivity index (χ1n) is 12.5. The predicted octanol–water partition coefficient (Wildman–Crippen LogP) is 5.44. The van der Waals surface area contributed by atoms with Crippen LogP contribution in [0.2, 0.25) is 0 Å². The topological polar surface area (TPSA) is 106 Å². The fourth-order valence-electron chi connectivity index (χ4n) is 4.56. The van der Waals surface area contributed by atoms with Crippen LogP contribution < -0.4 is 21.1 Å². The summed E-state index contributed by atoms with van der Waals surface area (Å²) in [6, 6.07) is 12.4. The van der Waals surface area contributed by atoms with Gasteiger partial charge in [0.1, 0.15) is 17.3 Å². The minimum absolute atomic E-state index is 0.0443. The van der Waals surface area contributed by atoms with Crippen molar-refractivity contribution in [3.8, 4) is 11.5 Å². The number of pyridine rings is 1. The monoisotopic (exact) mass is 524 g/mol. The SMILES string of the molecule is NCc1cc(NC(=O)[C@@H]2CCc3ccc(Oc4ccnc(NC(=O)C5CC5)c4)cc3C2)cc(C(F)(F)F)c1. The van der Waals surface area contributed by atoms with Crippen LogP contribution >= 0.6 is 0 Å². The third kappa shape index (κ3) is 6.13. The van der Waals surface area contributed by atoms with Crippen LogP contribution in [0.1, 0.15) is 41.5 Å². The van der Waals surface area contributed by atoms with Gasteiger partial charge in [0, 0.05) is 36.3 Å². The maximum Gasteiger partial charge on any atom is 0.416 e. The van der Waals surface area contributed by atoms with Crippen LogP contribution in [-0.2, 0) is 35.2 Å². The number of aryl methyl sites for hydroxylation is 1. The number of aromatic nitrogens is 1. The molecule has 0 aliphatic heterocycles. The Morgan fingerprint density at radius 3 is 2.42 bits per heavy atom. The summed E-state index contributed by atoms with van der Waals surface area (Å²) in [7, 11) is 0. The molecule has 1 aromatic heterocycles. The molecule has 10 heteroatoms. The number of alkyl halides is 3. The van der Waals surface area contributed by atoms with Crippen molar-refractivity contribution >= 4 is 23.3 Å². The number of carbonyl (C=O) groups is 2. The summed E-state index contributed by atoms with van der Waals surface area (Å²) < 4.78 is 45.8. The van der Waals surface area contributed by atoms with E-state index in [0.29, 0.717) is 36.6 Å². The van der Waals surface area contributed by atoms with Crippen molar-refractivity contribution < 1.29 is 27.5 Å². The average Bonchev–Trinajstić information content (AvgIpc) is 3.73. The Hall–Kier alpha value is -3.92. The van der Waals surface area contributed by atoms with Crippen molar-refractivity contribution in [2.24, 2.45) is 17.6 Å². The maximum absolute atomic E-state index is 13.3. The quantitative estimate of drug-likeness (QED) is 0.382. The number of hydrogen-bond acceptors (Lipinski definition) is 5. The van der Waals surface area contributed by atoms with Crippen molar-refractivity contribution in [2.45, 2.75) is 44.8 Å². The van der Waals surface area contributed by atoms with Crippen molar-refractivity contribution in [1.82, 2.24) is 4.98 Å². The molecule has 2 aromatic carbocycles. The highest BCUT2D eigenvalue weighted by Crippen LogP contribution is 2.34. The Morgan fingerprint density at radius 2 is 1.68 bits per heavy atom. The highest BCUT2D eigenvalue weighted by atomic mass is 19.4. The number of fused-ring (bicyclic) bond motifs is 1. The average molecular weight is 525 g/mol. The largest absolute Gasteiger partial charge is 0.457 e. The molecule has 2 aliphatic carbocycles. The molecule has 38 heavy (non-hydrogen) atoms. The van der Waals surface area contributed by atoms with Gasteiger partial charge in [-0.1, -0.05) is 6.07 Å². The summed E-state index contributed by atoms with van der Waals surface area (Å²) in [5.74, 6) is 0.771. The van der Waals surface area contributed by atoms with Gasteiger partial charge >= 0.3 is 6.18 Å². The molecule has 1 atom stereocenters. The van der Waals surface area contributed by atoms with Crippen molar-refractivity contribution in [3.05, 3.63) is 77.0 Å². The van der Waals surface area contributed by atoms with Gasteiger partial charge in [-0.05, 0) is 85.2 Å². The lowest BCUT2D eigenvalue weighted by atomic mass is 9.83. The van der Waals surface area contributed by atoms with Gasteiger partial charge in [-0.3, -0.25) is 9.59 Å². The molecule has 0 unspecified atom stereocenters. The van der Waals surface area contributed by atoms with Crippen molar-refractivity contribution in [1.29, 1.82) is 0 Å².